The van der Waals surface area contributed by atoms with E-state index in [1.54, 1.807) is 6.92 Å². The molecule has 2 heterocycles. The molecule has 10 heteroatoms. The summed E-state index contributed by atoms with van der Waals surface area (Å²) in [5.74, 6) is -0.379. The second kappa shape index (κ2) is 5.54. The number of alkyl halides is 3. The predicted octanol–water partition coefficient (Wildman–Crippen LogP) is 0.908. The molecule has 0 aliphatic carbocycles. The molecule has 0 bridgehead atoms. The number of amides is 1. The molecule has 1 atom stereocenters. The van der Waals surface area contributed by atoms with Gasteiger partial charge < -0.3 is 5.32 Å². The van der Waals surface area contributed by atoms with E-state index in [1.165, 1.54) is 24.4 Å². The van der Waals surface area contributed by atoms with Gasteiger partial charge in [0.25, 0.3) is 0 Å². The molecular weight excluding hydrogens is 289 g/mol. The normalized spacial score (nSPS) is 13.2. The zero-order chi connectivity index (χ0) is 15.6. The molecule has 114 valence electrons. The van der Waals surface area contributed by atoms with Crippen LogP contribution in [0.3, 0.4) is 0 Å². The molecule has 1 unspecified atom stereocenters. The molecule has 0 aromatic carbocycles. The van der Waals surface area contributed by atoms with Gasteiger partial charge in [-0.15, -0.1) is 0 Å². The maximum Gasteiger partial charge on any atom is 0.435 e. The quantitative estimate of drug-likeness (QED) is 0.910. The van der Waals surface area contributed by atoms with Crippen LogP contribution in [-0.4, -0.2) is 30.5 Å². The first-order valence-corrected chi connectivity index (χ1v) is 6.01. The summed E-state index contributed by atoms with van der Waals surface area (Å²) >= 11 is 0. The summed E-state index contributed by atoms with van der Waals surface area (Å²) in [6, 6.07) is 0.295. The van der Waals surface area contributed by atoms with Crippen molar-refractivity contribution < 1.29 is 18.0 Å². The number of halogens is 3. The van der Waals surface area contributed by atoms with Gasteiger partial charge in [0.15, 0.2) is 5.69 Å². The largest absolute Gasteiger partial charge is 0.435 e. The molecule has 0 saturated carbocycles. The molecule has 0 fully saturated rings. The third-order valence-corrected chi connectivity index (χ3v) is 2.92. The second-order valence-electron chi connectivity index (χ2n) is 4.41. The first-order chi connectivity index (χ1) is 9.79. The van der Waals surface area contributed by atoms with Crippen molar-refractivity contribution in [3.63, 3.8) is 0 Å². The highest BCUT2D eigenvalue weighted by molar-refractivity contribution is 5.79. The summed E-state index contributed by atoms with van der Waals surface area (Å²) in [7, 11) is 1.39. The van der Waals surface area contributed by atoms with Crippen LogP contribution in [0.25, 0.3) is 0 Å². The molecule has 2 aromatic rings. The van der Waals surface area contributed by atoms with Crippen molar-refractivity contribution in [1.29, 1.82) is 0 Å². The molecule has 2 aromatic heterocycles. The maximum atomic E-state index is 12.5. The summed E-state index contributed by atoms with van der Waals surface area (Å²) in [5, 5.41) is 9.73. The molecule has 0 aliphatic rings. The van der Waals surface area contributed by atoms with Crippen LogP contribution in [0.2, 0.25) is 0 Å². The van der Waals surface area contributed by atoms with Crippen LogP contribution in [0.1, 0.15) is 24.4 Å². The van der Waals surface area contributed by atoms with E-state index in [0.29, 0.717) is 0 Å². The summed E-state index contributed by atoms with van der Waals surface area (Å²) < 4.78 is 40.0. The first kappa shape index (κ1) is 15.0. The number of carbonyl (C=O) groups excluding carboxylic acids is 1. The highest BCUT2D eigenvalue weighted by atomic mass is 19.4. The Bertz CT molecular complexity index is 618. The first-order valence-electron chi connectivity index (χ1n) is 6.01. The van der Waals surface area contributed by atoms with Crippen LogP contribution in [0, 0.1) is 0 Å². The molecule has 1 amide bonds. The van der Waals surface area contributed by atoms with E-state index >= 15 is 0 Å². The summed E-state index contributed by atoms with van der Waals surface area (Å²) in [6.07, 6.45) is -1.83. The fraction of sp³-hybridized carbons (Fsp3) is 0.455. The third kappa shape index (κ3) is 3.38. The highest BCUT2D eigenvalue weighted by Crippen LogP contribution is 2.28. The number of nitrogens with one attached hydrogen (secondary N) is 1. The molecule has 7 nitrogen and oxygen atoms in total. The van der Waals surface area contributed by atoms with Gasteiger partial charge in [0.2, 0.25) is 5.91 Å². The van der Waals surface area contributed by atoms with Crippen molar-refractivity contribution in [3.8, 4) is 0 Å². The average Bonchev–Trinajstić information content (AvgIpc) is 3.03. The minimum absolute atomic E-state index is 0.0581. The molecule has 2 rings (SSSR count). The minimum atomic E-state index is -4.51. The number of hydrogen-bond acceptors (Lipinski definition) is 4. The molecule has 0 saturated heterocycles. The second-order valence-corrected chi connectivity index (χ2v) is 4.41. The monoisotopic (exact) mass is 302 g/mol. The van der Waals surface area contributed by atoms with Crippen LogP contribution >= 0.6 is 0 Å². The third-order valence-electron chi connectivity index (χ3n) is 2.92. The fourth-order valence-corrected chi connectivity index (χ4v) is 1.67. The van der Waals surface area contributed by atoms with Crippen molar-refractivity contribution in [2.75, 3.05) is 0 Å². The van der Waals surface area contributed by atoms with E-state index in [1.807, 2.05) is 0 Å². The van der Waals surface area contributed by atoms with Gasteiger partial charge in [0.05, 0.1) is 12.2 Å². The molecule has 0 aliphatic heterocycles. The Morgan fingerprint density at radius 1 is 1.48 bits per heavy atom. The van der Waals surface area contributed by atoms with Crippen molar-refractivity contribution >= 4 is 5.91 Å². The van der Waals surface area contributed by atoms with E-state index < -0.39 is 17.9 Å². The lowest BCUT2D eigenvalue weighted by Gasteiger charge is -2.11. The van der Waals surface area contributed by atoms with Crippen LogP contribution in [-0.2, 0) is 24.6 Å². The van der Waals surface area contributed by atoms with Crippen LogP contribution in [0.4, 0.5) is 13.2 Å². The van der Waals surface area contributed by atoms with Gasteiger partial charge in [-0.25, -0.2) is 9.67 Å². The number of rotatable bonds is 4. The molecule has 0 spiro atoms. The highest BCUT2D eigenvalue weighted by Gasteiger charge is 2.34. The maximum absolute atomic E-state index is 12.5. The standard InChI is InChI=1S/C11H13F3N6O/c1-7(20-6-15-5-17-20)10(21)16-4-8-3-9(11(12,13)14)18-19(8)2/h3,5-7H,4H2,1-2H3,(H,16,21). The number of nitrogens with zero attached hydrogens (tertiary/aromatic N) is 5. The number of hydrogen-bond donors (Lipinski definition) is 1. The lowest BCUT2D eigenvalue weighted by Crippen LogP contribution is -2.31. The lowest BCUT2D eigenvalue weighted by atomic mass is 10.3. The van der Waals surface area contributed by atoms with Crippen LogP contribution < -0.4 is 5.32 Å². The van der Waals surface area contributed by atoms with Gasteiger partial charge in [-0.05, 0) is 13.0 Å². The van der Waals surface area contributed by atoms with E-state index in [2.05, 4.69) is 20.5 Å². The van der Waals surface area contributed by atoms with Gasteiger partial charge in [0, 0.05) is 7.05 Å². The van der Waals surface area contributed by atoms with Gasteiger partial charge in [-0.2, -0.15) is 23.4 Å². The number of aryl methyl sites for hydroxylation is 1. The van der Waals surface area contributed by atoms with E-state index in [4.69, 9.17) is 0 Å². The van der Waals surface area contributed by atoms with Gasteiger partial charge in [-0.3, -0.25) is 9.48 Å². The van der Waals surface area contributed by atoms with Crippen molar-refractivity contribution in [3.05, 3.63) is 30.1 Å². The van der Waals surface area contributed by atoms with Crippen LogP contribution in [0.15, 0.2) is 18.7 Å². The van der Waals surface area contributed by atoms with Crippen molar-refractivity contribution in [2.45, 2.75) is 25.7 Å². The Hall–Kier alpha value is -2.39. The van der Waals surface area contributed by atoms with E-state index in [0.717, 1.165) is 10.7 Å². The lowest BCUT2D eigenvalue weighted by molar-refractivity contribution is -0.141. The Morgan fingerprint density at radius 2 is 2.19 bits per heavy atom. The van der Waals surface area contributed by atoms with E-state index in [-0.39, 0.29) is 18.1 Å². The topological polar surface area (TPSA) is 77.6 Å². The molecular formula is C11H13F3N6O. The summed E-state index contributed by atoms with van der Waals surface area (Å²) in [6.45, 7) is 1.55. The summed E-state index contributed by atoms with van der Waals surface area (Å²) in [5.41, 5.74) is -0.736. The number of aromatic nitrogens is 5. The SMILES string of the molecule is CC(C(=O)NCc1cc(C(F)(F)F)nn1C)n1cncn1. The zero-order valence-electron chi connectivity index (χ0n) is 11.3. The number of carbonyl (C=O) groups is 1. The van der Waals surface area contributed by atoms with E-state index in [9.17, 15) is 18.0 Å². The van der Waals surface area contributed by atoms with Gasteiger partial charge >= 0.3 is 6.18 Å². The molecule has 0 radical (unpaired) electrons. The van der Waals surface area contributed by atoms with Crippen molar-refractivity contribution in [2.24, 2.45) is 7.05 Å². The minimum Gasteiger partial charge on any atom is -0.349 e. The van der Waals surface area contributed by atoms with Crippen LogP contribution in [0.5, 0.6) is 0 Å². The Labute approximate surface area is 117 Å². The Balaban J connectivity index is 2.00. The predicted molar refractivity (Wildman–Crippen MR) is 64.8 cm³/mol. The van der Waals surface area contributed by atoms with Gasteiger partial charge in [-0.1, -0.05) is 0 Å². The average molecular weight is 302 g/mol. The summed E-state index contributed by atoms with van der Waals surface area (Å²) in [4.78, 5) is 15.6. The fourth-order valence-electron chi connectivity index (χ4n) is 1.67. The zero-order valence-corrected chi connectivity index (χ0v) is 11.3. The van der Waals surface area contributed by atoms with Gasteiger partial charge in [0.1, 0.15) is 18.7 Å². The Kier molecular flexibility index (Phi) is 3.96. The smallest absolute Gasteiger partial charge is 0.349 e. The molecule has 21 heavy (non-hydrogen) atoms. The van der Waals surface area contributed by atoms with Crippen molar-refractivity contribution in [1.82, 2.24) is 29.9 Å². The Morgan fingerprint density at radius 3 is 2.71 bits per heavy atom. The molecule has 1 N–H and O–H groups in total.